The van der Waals surface area contributed by atoms with Crippen LogP contribution in [0.5, 0.6) is 0 Å². The Morgan fingerprint density at radius 3 is 2.59 bits per heavy atom. The van der Waals surface area contributed by atoms with Gasteiger partial charge in [0, 0.05) is 29.7 Å². The molecule has 86 valence electrons. The van der Waals surface area contributed by atoms with E-state index in [4.69, 9.17) is 17.3 Å². The van der Waals surface area contributed by atoms with Crippen molar-refractivity contribution in [2.24, 2.45) is 5.73 Å². The highest BCUT2D eigenvalue weighted by Gasteiger charge is 2.10. The SMILES string of the molecule is Cc1cncc(-c2cnc(Cl)c(C(N)=O)c2)c1. The zero-order chi connectivity index (χ0) is 12.4. The molecule has 2 aromatic heterocycles. The third-order valence-electron chi connectivity index (χ3n) is 2.31. The van der Waals surface area contributed by atoms with Crippen LogP contribution in [0.1, 0.15) is 15.9 Å². The third-order valence-corrected chi connectivity index (χ3v) is 2.61. The summed E-state index contributed by atoms with van der Waals surface area (Å²) in [7, 11) is 0. The largest absolute Gasteiger partial charge is 0.366 e. The van der Waals surface area contributed by atoms with Gasteiger partial charge in [-0.25, -0.2) is 4.98 Å². The van der Waals surface area contributed by atoms with E-state index in [2.05, 4.69) is 9.97 Å². The molecule has 0 aliphatic heterocycles. The van der Waals surface area contributed by atoms with Crippen molar-refractivity contribution in [3.63, 3.8) is 0 Å². The minimum Gasteiger partial charge on any atom is -0.366 e. The molecule has 1 amide bonds. The predicted octanol–water partition coefficient (Wildman–Crippen LogP) is 2.20. The number of primary amides is 1. The van der Waals surface area contributed by atoms with Crippen LogP contribution in [0.4, 0.5) is 0 Å². The highest BCUT2D eigenvalue weighted by Crippen LogP contribution is 2.22. The minimum atomic E-state index is -0.593. The number of aryl methyl sites for hydroxylation is 1. The normalized spacial score (nSPS) is 10.2. The molecule has 2 N–H and O–H groups in total. The number of aromatic nitrogens is 2. The fraction of sp³-hybridized carbons (Fsp3) is 0.0833. The molecule has 0 aromatic carbocycles. The van der Waals surface area contributed by atoms with Crippen molar-refractivity contribution in [3.05, 3.63) is 47.0 Å². The molecule has 0 bridgehead atoms. The number of nitrogens with zero attached hydrogens (tertiary/aromatic N) is 2. The average molecular weight is 248 g/mol. The molecule has 0 aliphatic carbocycles. The number of hydrogen-bond acceptors (Lipinski definition) is 3. The van der Waals surface area contributed by atoms with Crippen molar-refractivity contribution in [2.45, 2.75) is 6.92 Å². The van der Waals surface area contributed by atoms with Gasteiger partial charge in [0.25, 0.3) is 5.91 Å². The molecular formula is C12H10ClN3O. The standard InChI is InChI=1S/C12H10ClN3O/c1-7-2-8(5-15-4-7)9-3-10(12(14)17)11(13)16-6-9/h2-6H,1H3,(H2,14,17). The lowest BCUT2D eigenvalue weighted by atomic mass is 10.1. The maximum Gasteiger partial charge on any atom is 0.251 e. The van der Waals surface area contributed by atoms with Crippen LogP contribution in [-0.2, 0) is 0 Å². The summed E-state index contributed by atoms with van der Waals surface area (Å²) >= 11 is 5.78. The van der Waals surface area contributed by atoms with Crippen LogP contribution in [0.3, 0.4) is 0 Å². The number of nitrogens with two attached hydrogens (primary N) is 1. The van der Waals surface area contributed by atoms with Crippen LogP contribution in [0.2, 0.25) is 5.15 Å². The second-order valence-corrected chi connectivity index (χ2v) is 4.04. The number of pyridine rings is 2. The minimum absolute atomic E-state index is 0.113. The Labute approximate surface area is 103 Å². The predicted molar refractivity (Wildman–Crippen MR) is 65.7 cm³/mol. The number of rotatable bonds is 2. The lowest BCUT2D eigenvalue weighted by Crippen LogP contribution is -2.12. The highest BCUT2D eigenvalue weighted by atomic mass is 35.5. The number of amides is 1. The van der Waals surface area contributed by atoms with E-state index in [1.807, 2.05) is 13.0 Å². The summed E-state index contributed by atoms with van der Waals surface area (Å²) in [5.74, 6) is -0.593. The van der Waals surface area contributed by atoms with E-state index < -0.39 is 5.91 Å². The molecular weight excluding hydrogens is 238 g/mol. The molecule has 2 rings (SSSR count). The fourth-order valence-electron chi connectivity index (χ4n) is 1.49. The average Bonchev–Trinajstić information content (AvgIpc) is 2.29. The maximum absolute atomic E-state index is 11.2. The summed E-state index contributed by atoms with van der Waals surface area (Å²) in [6.45, 7) is 1.94. The Balaban J connectivity index is 2.54. The second-order valence-electron chi connectivity index (χ2n) is 3.68. The monoisotopic (exact) mass is 247 g/mol. The Bertz CT molecular complexity index is 584. The molecule has 0 saturated heterocycles. The van der Waals surface area contributed by atoms with Crippen LogP contribution in [0.15, 0.2) is 30.7 Å². The Hall–Kier alpha value is -1.94. The summed E-state index contributed by atoms with van der Waals surface area (Å²) < 4.78 is 0. The first-order chi connectivity index (χ1) is 8.08. The van der Waals surface area contributed by atoms with Gasteiger partial charge in [0.15, 0.2) is 0 Å². The molecule has 0 spiro atoms. The molecule has 4 nitrogen and oxygen atoms in total. The first kappa shape index (κ1) is 11.5. The van der Waals surface area contributed by atoms with Gasteiger partial charge >= 0.3 is 0 Å². The summed E-state index contributed by atoms with van der Waals surface area (Å²) in [4.78, 5) is 19.2. The Morgan fingerprint density at radius 2 is 1.94 bits per heavy atom. The number of halogens is 1. The van der Waals surface area contributed by atoms with Crippen LogP contribution in [0, 0.1) is 6.92 Å². The second kappa shape index (κ2) is 4.51. The van der Waals surface area contributed by atoms with Crippen molar-refractivity contribution in [3.8, 4) is 11.1 Å². The topological polar surface area (TPSA) is 68.9 Å². The highest BCUT2D eigenvalue weighted by molar-refractivity contribution is 6.32. The first-order valence-corrected chi connectivity index (χ1v) is 5.33. The summed E-state index contributed by atoms with van der Waals surface area (Å²) in [6.07, 6.45) is 5.04. The van der Waals surface area contributed by atoms with Crippen molar-refractivity contribution in [2.75, 3.05) is 0 Å². The number of hydrogen-bond donors (Lipinski definition) is 1. The van der Waals surface area contributed by atoms with Gasteiger partial charge < -0.3 is 5.73 Å². The van der Waals surface area contributed by atoms with E-state index in [-0.39, 0.29) is 10.7 Å². The van der Waals surface area contributed by atoms with E-state index in [1.54, 1.807) is 24.7 Å². The van der Waals surface area contributed by atoms with E-state index in [1.165, 1.54) is 0 Å². The van der Waals surface area contributed by atoms with Gasteiger partial charge in [-0.2, -0.15) is 0 Å². The lowest BCUT2D eigenvalue weighted by Gasteiger charge is -2.04. The number of carbonyl (C=O) groups excluding carboxylic acids is 1. The summed E-state index contributed by atoms with van der Waals surface area (Å²) in [5, 5.41) is 0.113. The first-order valence-electron chi connectivity index (χ1n) is 4.95. The molecule has 2 aromatic rings. The van der Waals surface area contributed by atoms with Gasteiger partial charge in [0.2, 0.25) is 0 Å². The van der Waals surface area contributed by atoms with E-state index in [0.29, 0.717) is 0 Å². The van der Waals surface area contributed by atoms with Crippen molar-refractivity contribution in [1.82, 2.24) is 9.97 Å². The molecule has 0 atom stereocenters. The molecule has 0 unspecified atom stereocenters. The van der Waals surface area contributed by atoms with Crippen molar-refractivity contribution < 1.29 is 4.79 Å². The van der Waals surface area contributed by atoms with Crippen molar-refractivity contribution in [1.29, 1.82) is 0 Å². The van der Waals surface area contributed by atoms with Gasteiger partial charge in [-0.3, -0.25) is 9.78 Å². The lowest BCUT2D eigenvalue weighted by molar-refractivity contribution is 0.1000. The smallest absolute Gasteiger partial charge is 0.251 e. The van der Waals surface area contributed by atoms with Gasteiger partial charge in [-0.1, -0.05) is 11.6 Å². The van der Waals surface area contributed by atoms with Crippen LogP contribution in [-0.4, -0.2) is 15.9 Å². The van der Waals surface area contributed by atoms with Gasteiger partial charge in [0.1, 0.15) is 5.15 Å². The van der Waals surface area contributed by atoms with Crippen LogP contribution >= 0.6 is 11.6 Å². The zero-order valence-corrected chi connectivity index (χ0v) is 9.90. The quantitative estimate of drug-likeness (QED) is 0.827. The molecule has 0 aliphatic rings. The molecule has 2 heterocycles. The number of carbonyl (C=O) groups is 1. The molecule has 0 saturated carbocycles. The Morgan fingerprint density at radius 1 is 1.24 bits per heavy atom. The summed E-state index contributed by atoms with van der Waals surface area (Å²) in [5.41, 5.74) is 8.09. The van der Waals surface area contributed by atoms with E-state index in [9.17, 15) is 4.79 Å². The van der Waals surface area contributed by atoms with Gasteiger partial charge in [-0.15, -0.1) is 0 Å². The summed E-state index contributed by atoms with van der Waals surface area (Å²) in [6, 6.07) is 3.57. The molecule has 5 heteroatoms. The molecule has 17 heavy (non-hydrogen) atoms. The Kier molecular flexibility index (Phi) is 3.06. The maximum atomic E-state index is 11.2. The van der Waals surface area contributed by atoms with Gasteiger partial charge in [-0.05, 0) is 24.6 Å². The molecule has 0 radical (unpaired) electrons. The van der Waals surface area contributed by atoms with Gasteiger partial charge in [0.05, 0.1) is 5.56 Å². The zero-order valence-electron chi connectivity index (χ0n) is 9.14. The van der Waals surface area contributed by atoms with E-state index >= 15 is 0 Å². The molecule has 0 fully saturated rings. The van der Waals surface area contributed by atoms with E-state index in [0.717, 1.165) is 16.7 Å². The third kappa shape index (κ3) is 2.42. The fourth-order valence-corrected chi connectivity index (χ4v) is 1.69. The van der Waals surface area contributed by atoms with Crippen molar-refractivity contribution >= 4 is 17.5 Å². The van der Waals surface area contributed by atoms with Crippen LogP contribution < -0.4 is 5.73 Å². The van der Waals surface area contributed by atoms with Crippen LogP contribution in [0.25, 0.3) is 11.1 Å².